The molecule has 0 aliphatic carbocycles. The van der Waals surface area contributed by atoms with E-state index < -0.39 is 18.1 Å². The van der Waals surface area contributed by atoms with Crippen molar-refractivity contribution in [2.75, 3.05) is 6.54 Å². The molecule has 0 bridgehead atoms. The summed E-state index contributed by atoms with van der Waals surface area (Å²) in [6.45, 7) is 2.49. The molecule has 0 radical (unpaired) electrons. The maximum absolute atomic E-state index is 12.2. The summed E-state index contributed by atoms with van der Waals surface area (Å²) in [7, 11) is 0. The highest BCUT2D eigenvalue weighted by atomic mass is 16.4. The van der Waals surface area contributed by atoms with Crippen LogP contribution in [0.3, 0.4) is 0 Å². The van der Waals surface area contributed by atoms with E-state index in [1.807, 2.05) is 6.92 Å². The largest absolute Gasteiger partial charge is 0.480 e. The number of carbonyl (C=O) groups is 2. The Morgan fingerprint density at radius 1 is 1.33 bits per heavy atom. The highest BCUT2D eigenvalue weighted by Gasteiger charge is 2.32. The minimum atomic E-state index is -0.908. The van der Waals surface area contributed by atoms with Crippen molar-refractivity contribution in [2.24, 2.45) is 5.73 Å². The van der Waals surface area contributed by atoms with Crippen LogP contribution in [-0.4, -0.2) is 40.5 Å². The molecule has 5 nitrogen and oxygen atoms in total. The standard InChI is InChI=1S/C13H24N2O3/c1-2-7-10(14)12(16)15-9-6-4-3-5-8-11(15)13(17)18/h10-11H,2-9,14H2,1H3,(H,17,18). The van der Waals surface area contributed by atoms with E-state index in [1.54, 1.807) is 0 Å². The first-order valence-corrected chi connectivity index (χ1v) is 6.86. The van der Waals surface area contributed by atoms with Gasteiger partial charge < -0.3 is 15.7 Å². The molecule has 1 aliphatic rings. The van der Waals surface area contributed by atoms with Crippen LogP contribution in [0.4, 0.5) is 0 Å². The molecule has 5 heteroatoms. The lowest BCUT2D eigenvalue weighted by molar-refractivity contribution is -0.151. The maximum atomic E-state index is 12.2. The van der Waals surface area contributed by atoms with Gasteiger partial charge in [0.1, 0.15) is 6.04 Å². The highest BCUT2D eigenvalue weighted by Crippen LogP contribution is 2.18. The first-order valence-electron chi connectivity index (χ1n) is 6.86. The third-order valence-electron chi connectivity index (χ3n) is 3.49. The van der Waals surface area contributed by atoms with Gasteiger partial charge in [-0.3, -0.25) is 4.79 Å². The molecule has 1 rings (SSSR count). The molecule has 2 atom stereocenters. The topological polar surface area (TPSA) is 83.6 Å². The number of rotatable bonds is 4. The van der Waals surface area contributed by atoms with Gasteiger partial charge in [0.25, 0.3) is 0 Å². The molecule has 1 saturated heterocycles. The number of carboxylic acid groups (broad SMARTS) is 1. The maximum Gasteiger partial charge on any atom is 0.326 e. The zero-order chi connectivity index (χ0) is 13.5. The summed E-state index contributed by atoms with van der Waals surface area (Å²) < 4.78 is 0. The number of carboxylic acids is 1. The zero-order valence-corrected chi connectivity index (χ0v) is 11.1. The van der Waals surface area contributed by atoms with Gasteiger partial charge in [-0.2, -0.15) is 0 Å². The van der Waals surface area contributed by atoms with Crippen LogP contribution in [-0.2, 0) is 9.59 Å². The third-order valence-corrected chi connectivity index (χ3v) is 3.49. The molecule has 1 heterocycles. The van der Waals surface area contributed by atoms with Crippen LogP contribution in [0.25, 0.3) is 0 Å². The van der Waals surface area contributed by atoms with E-state index in [4.69, 9.17) is 5.73 Å². The quantitative estimate of drug-likeness (QED) is 0.795. The molecule has 1 amide bonds. The summed E-state index contributed by atoms with van der Waals surface area (Å²) in [5, 5.41) is 9.25. The number of nitrogens with two attached hydrogens (primary N) is 1. The van der Waals surface area contributed by atoms with Crippen molar-refractivity contribution in [1.82, 2.24) is 4.90 Å². The molecule has 0 spiro atoms. The Balaban J connectivity index is 2.76. The van der Waals surface area contributed by atoms with Crippen molar-refractivity contribution in [3.63, 3.8) is 0 Å². The van der Waals surface area contributed by atoms with Gasteiger partial charge in [-0.15, -0.1) is 0 Å². The first-order chi connectivity index (χ1) is 8.57. The Morgan fingerprint density at radius 3 is 2.61 bits per heavy atom. The molecule has 0 aromatic heterocycles. The third kappa shape index (κ3) is 3.98. The summed E-state index contributed by atoms with van der Waals surface area (Å²) in [5.41, 5.74) is 5.83. The normalized spacial score (nSPS) is 23.0. The van der Waals surface area contributed by atoms with Crippen molar-refractivity contribution < 1.29 is 14.7 Å². The van der Waals surface area contributed by atoms with Gasteiger partial charge in [0, 0.05) is 6.54 Å². The lowest BCUT2D eigenvalue weighted by atomic mass is 10.0. The van der Waals surface area contributed by atoms with E-state index in [2.05, 4.69) is 0 Å². The molecule has 104 valence electrons. The van der Waals surface area contributed by atoms with Crippen LogP contribution >= 0.6 is 0 Å². The molecule has 0 aromatic carbocycles. The Kier molecular flexibility index (Phi) is 6.12. The summed E-state index contributed by atoms with van der Waals surface area (Å²) in [6.07, 6.45) is 5.82. The number of amides is 1. The second-order valence-corrected chi connectivity index (χ2v) is 4.98. The number of likely N-dealkylation sites (tertiary alicyclic amines) is 1. The average Bonchev–Trinajstić information content (AvgIpc) is 2.27. The SMILES string of the molecule is CCCC(N)C(=O)N1CCCCCCC1C(=O)O. The number of nitrogens with zero attached hydrogens (tertiary/aromatic N) is 1. The van der Waals surface area contributed by atoms with Crippen molar-refractivity contribution in [1.29, 1.82) is 0 Å². The van der Waals surface area contributed by atoms with Gasteiger partial charge in [-0.05, 0) is 19.3 Å². The van der Waals surface area contributed by atoms with E-state index in [1.165, 1.54) is 4.90 Å². The second kappa shape index (κ2) is 7.36. The van der Waals surface area contributed by atoms with Crippen LogP contribution < -0.4 is 5.73 Å². The fraction of sp³-hybridized carbons (Fsp3) is 0.846. The minimum absolute atomic E-state index is 0.203. The number of hydrogen-bond donors (Lipinski definition) is 2. The molecule has 1 aliphatic heterocycles. The molecular weight excluding hydrogens is 232 g/mol. The Bertz CT molecular complexity index is 294. The molecule has 0 aromatic rings. The number of carbonyl (C=O) groups excluding carboxylic acids is 1. The summed E-state index contributed by atoms with van der Waals surface area (Å²) in [5.74, 6) is -1.11. The molecule has 1 fully saturated rings. The van der Waals surface area contributed by atoms with Crippen LogP contribution in [0.1, 0.15) is 51.9 Å². The molecular formula is C13H24N2O3. The Hall–Kier alpha value is -1.10. The fourth-order valence-electron chi connectivity index (χ4n) is 2.45. The van der Waals surface area contributed by atoms with Crippen molar-refractivity contribution in [3.05, 3.63) is 0 Å². The van der Waals surface area contributed by atoms with Crippen LogP contribution in [0.2, 0.25) is 0 Å². The summed E-state index contributed by atoms with van der Waals surface area (Å²) in [4.78, 5) is 25.0. The Labute approximate surface area is 108 Å². The van der Waals surface area contributed by atoms with E-state index >= 15 is 0 Å². The summed E-state index contributed by atoms with van der Waals surface area (Å²) in [6, 6.07) is -1.25. The van der Waals surface area contributed by atoms with Gasteiger partial charge >= 0.3 is 5.97 Å². The predicted octanol–water partition coefficient (Wildman–Crippen LogP) is 1.36. The fourth-order valence-corrected chi connectivity index (χ4v) is 2.45. The van der Waals surface area contributed by atoms with Gasteiger partial charge in [0.05, 0.1) is 6.04 Å². The van der Waals surface area contributed by atoms with Crippen molar-refractivity contribution in [2.45, 2.75) is 64.0 Å². The first kappa shape index (κ1) is 15.0. The van der Waals surface area contributed by atoms with Gasteiger partial charge in [-0.1, -0.05) is 32.6 Å². The van der Waals surface area contributed by atoms with E-state index in [-0.39, 0.29) is 5.91 Å². The number of hydrogen-bond acceptors (Lipinski definition) is 3. The summed E-state index contributed by atoms with van der Waals surface area (Å²) >= 11 is 0. The monoisotopic (exact) mass is 256 g/mol. The minimum Gasteiger partial charge on any atom is -0.480 e. The van der Waals surface area contributed by atoms with E-state index in [0.29, 0.717) is 19.4 Å². The molecule has 2 unspecified atom stereocenters. The molecule has 0 saturated carbocycles. The van der Waals surface area contributed by atoms with Crippen LogP contribution in [0, 0.1) is 0 Å². The average molecular weight is 256 g/mol. The second-order valence-electron chi connectivity index (χ2n) is 4.98. The Morgan fingerprint density at radius 2 is 2.00 bits per heavy atom. The van der Waals surface area contributed by atoms with Gasteiger partial charge in [-0.25, -0.2) is 4.79 Å². The smallest absolute Gasteiger partial charge is 0.326 e. The lowest BCUT2D eigenvalue weighted by Gasteiger charge is -2.32. The lowest BCUT2D eigenvalue weighted by Crippen LogP contribution is -2.52. The highest BCUT2D eigenvalue weighted by molar-refractivity contribution is 5.86. The predicted molar refractivity (Wildman–Crippen MR) is 69.1 cm³/mol. The van der Waals surface area contributed by atoms with E-state index in [0.717, 1.165) is 32.1 Å². The zero-order valence-electron chi connectivity index (χ0n) is 11.1. The van der Waals surface area contributed by atoms with Crippen LogP contribution in [0.15, 0.2) is 0 Å². The van der Waals surface area contributed by atoms with Gasteiger partial charge in [0.15, 0.2) is 0 Å². The molecule has 18 heavy (non-hydrogen) atoms. The van der Waals surface area contributed by atoms with Gasteiger partial charge in [0.2, 0.25) is 5.91 Å². The van der Waals surface area contributed by atoms with Crippen molar-refractivity contribution in [3.8, 4) is 0 Å². The van der Waals surface area contributed by atoms with E-state index in [9.17, 15) is 14.7 Å². The van der Waals surface area contributed by atoms with Crippen molar-refractivity contribution >= 4 is 11.9 Å². The number of aliphatic carboxylic acids is 1. The van der Waals surface area contributed by atoms with Crippen LogP contribution in [0.5, 0.6) is 0 Å². The molecule has 3 N–H and O–H groups in total.